The summed E-state index contributed by atoms with van der Waals surface area (Å²) in [6.45, 7) is 3.60. The highest BCUT2D eigenvalue weighted by Gasteiger charge is 2.25. The Morgan fingerprint density at radius 1 is 1.45 bits per heavy atom. The van der Waals surface area contributed by atoms with Gasteiger partial charge in [0.25, 0.3) is 0 Å². The van der Waals surface area contributed by atoms with E-state index in [1.807, 2.05) is 0 Å². The molecule has 5 heteroatoms. The first-order valence-corrected chi connectivity index (χ1v) is 3.37. The van der Waals surface area contributed by atoms with Crippen molar-refractivity contribution in [1.82, 2.24) is 5.06 Å². The smallest absolute Gasteiger partial charge is 0.143 e. The molecule has 1 N–H and O–H groups in total. The molecule has 0 heterocycles. The second-order valence-corrected chi connectivity index (χ2v) is 2.73. The molecule has 0 bridgehead atoms. The fourth-order valence-electron chi connectivity index (χ4n) is 0.431. The van der Waals surface area contributed by atoms with Crippen molar-refractivity contribution in [2.75, 3.05) is 21.2 Å². The molecule has 5 nitrogen and oxygen atoms in total. The van der Waals surface area contributed by atoms with Crippen LogP contribution in [0.3, 0.4) is 0 Å². The van der Waals surface area contributed by atoms with Crippen LogP contribution in [-0.4, -0.2) is 32.0 Å². The highest BCUT2D eigenvalue weighted by molar-refractivity contribution is 4.58. The summed E-state index contributed by atoms with van der Waals surface area (Å²) in [6, 6.07) is 0. The van der Waals surface area contributed by atoms with Crippen molar-refractivity contribution in [2.24, 2.45) is 0 Å². The molecule has 0 aliphatic rings. The van der Waals surface area contributed by atoms with Gasteiger partial charge in [0.15, 0.2) is 0 Å². The average molecular weight is 164 g/mol. The van der Waals surface area contributed by atoms with Gasteiger partial charge in [0.2, 0.25) is 0 Å². The van der Waals surface area contributed by atoms with Gasteiger partial charge >= 0.3 is 0 Å². The van der Waals surface area contributed by atoms with Gasteiger partial charge in [0, 0.05) is 14.2 Å². The molecule has 0 aliphatic heterocycles. The normalized spacial score (nSPS) is 15.5. The van der Waals surface area contributed by atoms with Gasteiger partial charge in [0.05, 0.1) is 7.05 Å². The Bertz CT molecular complexity index is 116. The van der Waals surface area contributed by atoms with E-state index in [2.05, 4.69) is 0 Å². The van der Waals surface area contributed by atoms with Gasteiger partial charge in [-0.05, 0) is 13.8 Å². The molecule has 0 aromatic carbocycles. The van der Waals surface area contributed by atoms with Gasteiger partial charge in [-0.3, -0.25) is 0 Å². The van der Waals surface area contributed by atoms with Crippen LogP contribution in [0.2, 0.25) is 0 Å². The topological polar surface area (TPSA) is 49.2 Å². The number of ether oxygens (including phenoxy) is 1. The number of methoxy groups -OCH3 is 1. The van der Waals surface area contributed by atoms with E-state index in [4.69, 9.17) is 9.68 Å². The highest BCUT2D eigenvalue weighted by atomic mass is 17.0. The van der Waals surface area contributed by atoms with Crippen molar-refractivity contribution in [3.63, 3.8) is 0 Å². The van der Waals surface area contributed by atoms with Gasteiger partial charge in [-0.15, -0.1) is 10.0 Å². The molecular formula is C6H16N2O3. The number of rotatable bonds is 4. The zero-order chi connectivity index (χ0) is 9.07. The lowest BCUT2D eigenvalue weighted by atomic mass is 10.3. The minimum absolute atomic E-state index is 0.349. The second-order valence-electron chi connectivity index (χ2n) is 2.73. The molecular weight excluding hydrogens is 148 g/mol. The second kappa shape index (κ2) is 3.99. The molecule has 0 fully saturated rings. The third kappa shape index (κ3) is 3.64. The fourth-order valence-corrected chi connectivity index (χ4v) is 0.431. The summed E-state index contributed by atoms with van der Waals surface area (Å²) in [7, 11) is 4.55. The molecule has 68 valence electrons. The van der Waals surface area contributed by atoms with E-state index >= 15 is 0 Å². The van der Waals surface area contributed by atoms with Crippen molar-refractivity contribution < 1.29 is 14.9 Å². The summed E-state index contributed by atoms with van der Waals surface area (Å²) < 4.78 is 5.05. The first kappa shape index (κ1) is 10.8. The molecule has 0 radical (unpaired) electrons. The molecule has 0 aromatic heterocycles. The lowest BCUT2D eigenvalue weighted by Crippen LogP contribution is -3.04. The summed E-state index contributed by atoms with van der Waals surface area (Å²) >= 11 is 0. The summed E-state index contributed by atoms with van der Waals surface area (Å²) in [4.78, 5) is 4.78. The minimum atomic E-state index is -0.578. The Labute approximate surface area is 67.0 Å². The van der Waals surface area contributed by atoms with Crippen LogP contribution in [0.1, 0.15) is 13.8 Å². The Morgan fingerprint density at radius 2 is 1.91 bits per heavy atom. The molecule has 0 aromatic rings. The number of hydroxylamine groups is 4. The summed E-state index contributed by atoms with van der Waals surface area (Å²) in [5.41, 5.74) is -0.578. The lowest BCUT2D eigenvalue weighted by molar-refractivity contribution is -1.07. The average Bonchev–Trinajstić information content (AvgIpc) is 1.86. The summed E-state index contributed by atoms with van der Waals surface area (Å²) in [6.07, 6.45) is 0. The van der Waals surface area contributed by atoms with E-state index in [0.29, 0.717) is 0 Å². The number of hydrogen-bond donors (Lipinski definition) is 1. The summed E-state index contributed by atoms with van der Waals surface area (Å²) in [5, 5.41) is 11.5. The van der Waals surface area contributed by atoms with E-state index in [-0.39, 0.29) is 5.23 Å². The lowest BCUT2D eigenvalue weighted by Gasteiger charge is -2.33. The Morgan fingerprint density at radius 3 is 2.18 bits per heavy atom. The predicted molar refractivity (Wildman–Crippen MR) is 40.2 cm³/mol. The zero-order valence-corrected chi connectivity index (χ0v) is 7.67. The number of nitrogens with one attached hydrogen (secondary N) is 1. The van der Waals surface area contributed by atoms with Crippen LogP contribution in [0.4, 0.5) is 0 Å². The molecule has 0 amide bonds. The van der Waals surface area contributed by atoms with Crippen molar-refractivity contribution in [3.8, 4) is 0 Å². The monoisotopic (exact) mass is 164 g/mol. The fraction of sp³-hybridized carbons (Fsp3) is 1.00. The molecule has 0 spiro atoms. The van der Waals surface area contributed by atoms with Crippen LogP contribution in [0.15, 0.2) is 0 Å². The van der Waals surface area contributed by atoms with Crippen LogP contribution >= 0.6 is 0 Å². The maximum absolute atomic E-state index is 10.5. The first-order chi connectivity index (χ1) is 4.90. The summed E-state index contributed by atoms with van der Waals surface area (Å²) in [5.74, 6) is 0. The van der Waals surface area contributed by atoms with Crippen LogP contribution in [-0.2, 0) is 9.68 Å². The molecule has 1 unspecified atom stereocenters. The third-order valence-electron chi connectivity index (χ3n) is 1.52. The minimum Gasteiger partial charge on any atom is -0.599 e. The van der Waals surface area contributed by atoms with E-state index in [1.165, 1.54) is 12.1 Å². The number of hydrogen-bond acceptors (Lipinski definition) is 4. The number of nitrogens with zero attached hydrogens (tertiary/aromatic N) is 1. The van der Waals surface area contributed by atoms with Crippen LogP contribution < -0.4 is 5.23 Å². The van der Waals surface area contributed by atoms with Crippen molar-refractivity contribution in [2.45, 2.75) is 19.6 Å². The predicted octanol–water partition coefficient (Wildman–Crippen LogP) is -0.840. The molecule has 0 aliphatic carbocycles. The van der Waals surface area contributed by atoms with Crippen molar-refractivity contribution >= 4 is 0 Å². The van der Waals surface area contributed by atoms with Crippen LogP contribution in [0, 0.1) is 5.21 Å². The third-order valence-corrected chi connectivity index (χ3v) is 1.52. The SMILES string of the molecule is COC(C)(C)N(C)O[NH+](C)[O-]. The van der Waals surface area contributed by atoms with Gasteiger partial charge in [-0.25, -0.2) is 5.23 Å². The molecule has 0 rings (SSSR count). The Kier molecular flexibility index (Phi) is 3.91. The van der Waals surface area contributed by atoms with E-state index in [0.717, 1.165) is 0 Å². The Hall–Kier alpha value is -0.200. The highest BCUT2D eigenvalue weighted by Crippen LogP contribution is 2.10. The van der Waals surface area contributed by atoms with E-state index < -0.39 is 5.72 Å². The van der Waals surface area contributed by atoms with Gasteiger partial charge in [-0.2, -0.15) is 0 Å². The zero-order valence-electron chi connectivity index (χ0n) is 7.67. The van der Waals surface area contributed by atoms with Gasteiger partial charge < -0.3 is 9.94 Å². The van der Waals surface area contributed by atoms with Crippen molar-refractivity contribution in [1.29, 1.82) is 0 Å². The quantitative estimate of drug-likeness (QED) is 0.435. The molecule has 0 saturated carbocycles. The molecule has 11 heavy (non-hydrogen) atoms. The Balaban J connectivity index is 3.90. The van der Waals surface area contributed by atoms with Crippen LogP contribution in [0.5, 0.6) is 0 Å². The molecule has 0 saturated heterocycles. The van der Waals surface area contributed by atoms with E-state index in [1.54, 1.807) is 28.0 Å². The standard InChI is InChI=1S/C6H16N2O3/c1-6(2,10-5)7(3)11-8(4)9/h8H,1-5H3. The van der Waals surface area contributed by atoms with Gasteiger partial charge in [-0.1, -0.05) is 0 Å². The van der Waals surface area contributed by atoms with Crippen molar-refractivity contribution in [3.05, 3.63) is 5.21 Å². The number of quaternary nitrogens is 1. The maximum atomic E-state index is 10.5. The molecule has 1 atom stereocenters. The van der Waals surface area contributed by atoms with E-state index in [9.17, 15) is 5.21 Å². The van der Waals surface area contributed by atoms with Crippen LogP contribution in [0.25, 0.3) is 0 Å². The van der Waals surface area contributed by atoms with Gasteiger partial charge in [0.1, 0.15) is 5.72 Å². The first-order valence-electron chi connectivity index (χ1n) is 3.37. The largest absolute Gasteiger partial charge is 0.599 e. The maximum Gasteiger partial charge on any atom is 0.143 e.